The first-order valence-electron chi connectivity index (χ1n) is 8.72. The van der Waals surface area contributed by atoms with Gasteiger partial charge in [-0.2, -0.15) is 5.26 Å². The standard InChI is InChI=1S/C22H12FN3O3S/c23-17-3-1-2-15(10-17)21-9-8-19(29-21)11-16(12-24)22-25-20(13-30-22)14-4-6-18(7-5-14)26(27)28/h1-11,13H/b16-11+. The topological polar surface area (TPSA) is 93.0 Å². The zero-order chi connectivity index (χ0) is 21.1. The van der Waals surface area contributed by atoms with E-state index in [1.54, 1.807) is 47.9 Å². The molecule has 0 fully saturated rings. The molecular formula is C22H12FN3O3S. The fraction of sp³-hybridized carbons (Fsp3) is 0. The zero-order valence-electron chi connectivity index (χ0n) is 15.3. The monoisotopic (exact) mass is 417 g/mol. The molecule has 0 saturated heterocycles. The van der Waals surface area contributed by atoms with Gasteiger partial charge in [0.2, 0.25) is 0 Å². The van der Waals surface area contributed by atoms with E-state index in [9.17, 15) is 19.8 Å². The quantitative estimate of drug-likeness (QED) is 0.219. The second kappa shape index (κ2) is 8.11. The van der Waals surface area contributed by atoms with E-state index >= 15 is 0 Å². The number of nitriles is 1. The van der Waals surface area contributed by atoms with Crippen molar-refractivity contribution in [2.45, 2.75) is 0 Å². The van der Waals surface area contributed by atoms with Crippen LogP contribution in [0.1, 0.15) is 10.8 Å². The van der Waals surface area contributed by atoms with E-state index in [0.717, 1.165) is 0 Å². The number of nitro benzene ring substituents is 1. The van der Waals surface area contributed by atoms with Gasteiger partial charge in [0.25, 0.3) is 5.69 Å². The molecule has 2 aromatic carbocycles. The number of furan rings is 1. The lowest BCUT2D eigenvalue weighted by atomic mass is 10.1. The maximum absolute atomic E-state index is 13.4. The van der Waals surface area contributed by atoms with E-state index in [1.807, 2.05) is 0 Å². The molecule has 0 aliphatic rings. The molecule has 0 spiro atoms. The third-order valence-electron chi connectivity index (χ3n) is 4.25. The minimum atomic E-state index is -0.464. The van der Waals surface area contributed by atoms with Crippen molar-refractivity contribution in [3.05, 3.63) is 92.7 Å². The van der Waals surface area contributed by atoms with Crippen LogP contribution in [0.25, 0.3) is 34.2 Å². The summed E-state index contributed by atoms with van der Waals surface area (Å²) in [5, 5.41) is 22.6. The Balaban J connectivity index is 1.60. The molecule has 0 amide bonds. The number of nitro groups is 1. The fourth-order valence-electron chi connectivity index (χ4n) is 2.80. The van der Waals surface area contributed by atoms with Crippen LogP contribution in [0.2, 0.25) is 0 Å². The number of rotatable bonds is 5. The number of hydrogen-bond acceptors (Lipinski definition) is 6. The average Bonchev–Trinajstić information content (AvgIpc) is 3.42. The predicted octanol–water partition coefficient (Wildman–Crippen LogP) is 6.18. The SMILES string of the molecule is N#C/C(=C\c1ccc(-c2cccc(F)c2)o1)c1nc(-c2ccc([N+](=O)[O-])cc2)cs1. The Morgan fingerprint density at radius 1 is 1.17 bits per heavy atom. The van der Waals surface area contributed by atoms with E-state index in [0.29, 0.717) is 38.9 Å². The summed E-state index contributed by atoms with van der Waals surface area (Å²) in [6, 6.07) is 17.6. The summed E-state index contributed by atoms with van der Waals surface area (Å²) in [6.45, 7) is 0. The molecule has 0 bridgehead atoms. The number of thiazole rings is 1. The van der Waals surface area contributed by atoms with Gasteiger partial charge in [-0.25, -0.2) is 9.37 Å². The summed E-state index contributed by atoms with van der Waals surface area (Å²) in [5.74, 6) is 0.571. The van der Waals surface area contributed by atoms with Gasteiger partial charge in [0.05, 0.1) is 16.2 Å². The lowest BCUT2D eigenvalue weighted by Crippen LogP contribution is -1.87. The Morgan fingerprint density at radius 2 is 1.97 bits per heavy atom. The highest BCUT2D eigenvalue weighted by Gasteiger charge is 2.12. The summed E-state index contributed by atoms with van der Waals surface area (Å²) in [7, 11) is 0. The molecule has 4 rings (SSSR count). The Labute approximate surface area is 174 Å². The molecule has 0 radical (unpaired) electrons. The van der Waals surface area contributed by atoms with E-state index in [-0.39, 0.29) is 11.5 Å². The van der Waals surface area contributed by atoms with Gasteiger partial charge in [-0.1, -0.05) is 12.1 Å². The van der Waals surface area contributed by atoms with Crippen LogP contribution in [0.4, 0.5) is 10.1 Å². The van der Waals surface area contributed by atoms with Gasteiger partial charge in [0.15, 0.2) is 0 Å². The number of benzene rings is 2. The van der Waals surface area contributed by atoms with Gasteiger partial charge in [-0.3, -0.25) is 10.1 Å². The second-order valence-electron chi connectivity index (χ2n) is 6.22. The van der Waals surface area contributed by atoms with Crippen molar-refractivity contribution in [3.63, 3.8) is 0 Å². The third kappa shape index (κ3) is 4.01. The Kier molecular flexibility index (Phi) is 5.20. The first kappa shape index (κ1) is 19.2. The molecule has 8 heteroatoms. The summed E-state index contributed by atoms with van der Waals surface area (Å²) in [6.07, 6.45) is 1.57. The van der Waals surface area contributed by atoms with Crippen LogP contribution >= 0.6 is 11.3 Å². The summed E-state index contributed by atoms with van der Waals surface area (Å²) < 4.78 is 19.1. The van der Waals surface area contributed by atoms with Crippen molar-refractivity contribution in [2.75, 3.05) is 0 Å². The molecule has 0 unspecified atom stereocenters. The first-order valence-corrected chi connectivity index (χ1v) is 9.60. The normalized spacial score (nSPS) is 11.3. The van der Waals surface area contributed by atoms with Crippen LogP contribution < -0.4 is 0 Å². The van der Waals surface area contributed by atoms with Crippen molar-refractivity contribution in [1.82, 2.24) is 4.98 Å². The van der Waals surface area contributed by atoms with Gasteiger partial charge in [0, 0.05) is 34.7 Å². The van der Waals surface area contributed by atoms with Gasteiger partial charge in [0.1, 0.15) is 28.4 Å². The number of hydrogen-bond donors (Lipinski definition) is 0. The van der Waals surface area contributed by atoms with Gasteiger partial charge in [-0.05, 0) is 36.4 Å². The van der Waals surface area contributed by atoms with Crippen LogP contribution in [-0.4, -0.2) is 9.91 Å². The number of nitrogens with zero attached hydrogens (tertiary/aromatic N) is 3. The molecule has 0 atom stereocenters. The van der Waals surface area contributed by atoms with Crippen LogP contribution in [0.5, 0.6) is 0 Å². The highest BCUT2D eigenvalue weighted by molar-refractivity contribution is 7.11. The molecule has 30 heavy (non-hydrogen) atoms. The number of non-ortho nitro benzene ring substituents is 1. The van der Waals surface area contributed by atoms with Gasteiger partial charge in [-0.15, -0.1) is 11.3 Å². The molecule has 6 nitrogen and oxygen atoms in total. The Morgan fingerprint density at radius 3 is 2.67 bits per heavy atom. The van der Waals surface area contributed by atoms with E-state index in [1.165, 1.54) is 35.6 Å². The maximum atomic E-state index is 13.4. The van der Waals surface area contributed by atoms with Crippen molar-refractivity contribution in [1.29, 1.82) is 5.26 Å². The lowest BCUT2D eigenvalue weighted by Gasteiger charge is -1.97. The van der Waals surface area contributed by atoms with Crippen molar-refractivity contribution >= 4 is 28.7 Å². The minimum Gasteiger partial charge on any atom is -0.457 e. The van der Waals surface area contributed by atoms with Crippen LogP contribution in [0.15, 0.2) is 70.5 Å². The lowest BCUT2D eigenvalue weighted by molar-refractivity contribution is -0.384. The molecule has 2 heterocycles. The average molecular weight is 417 g/mol. The predicted molar refractivity (Wildman–Crippen MR) is 112 cm³/mol. The maximum Gasteiger partial charge on any atom is 0.269 e. The van der Waals surface area contributed by atoms with E-state index < -0.39 is 4.92 Å². The van der Waals surface area contributed by atoms with E-state index in [2.05, 4.69) is 11.1 Å². The smallest absolute Gasteiger partial charge is 0.269 e. The number of aromatic nitrogens is 1. The Hall–Kier alpha value is -4.09. The molecule has 0 saturated carbocycles. The molecule has 2 aromatic heterocycles. The first-order chi connectivity index (χ1) is 14.5. The molecule has 0 aliphatic heterocycles. The highest BCUT2D eigenvalue weighted by Crippen LogP contribution is 2.30. The van der Waals surface area contributed by atoms with Crippen LogP contribution in [0, 0.1) is 27.3 Å². The largest absolute Gasteiger partial charge is 0.457 e. The molecule has 0 N–H and O–H groups in total. The van der Waals surface area contributed by atoms with Crippen molar-refractivity contribution in [3.8, 4) is 28.7 Å². The fourth-order valence-corrected chi connectivity index (χ4v) is 3.59. The minimum absolute atomic E-state index is 0.00117. The molecular weight excluding hydrogens is 405 g/mol. The Bertz CT molecular complexity index is 1300. The highest BCUT2D eigenvalue weighted by atomic mass is 32.1. The molecule has 146 valence electrons. The van der Waals surface area contributed by atoms with Crippen LogP contribution in [0.3, 0.4) is 0 Å². The van der Waals surface area contributed by atoms with Gasteiger partial charge >= 0.3 is 0 Å². The van der Waals surface area contributed by atoms with E-state index in [4.69, 9.17) is 4.42 Å². The van der Waals surface area contributed by atoms with Crippen LogP contribution in [-0.2, 0) is 0 Å². The second-order valence-corrected chi connectivity index (χ2v) is 7.08. The summed E-state index contributed by atoms with van der Waals surface area (Å²) in [4.78, 5) is 14.8. The number of allylic oxidation sites excluding steroid dienone is 1. The zero-order valence-corrected chi connectivity index (χ0v) is 16.1. The van der Waals surface area contributed by atoms with Crippen molar-refractivity contribution < 1.29 is 13.7 Å². The molecule has 0 aliphatic carbocycles. The number of halogens is 1. The van der Waals surface area contributed by atoms with Crippen molar-refractivity contribution in [2.24, 2.45) is 0 Å². The van der Waals surface area contributed by atoms with Gasteiger partial charge < -0.3 is 4.42 Å². The summed E-state index contributed by atoms with van der Waals surface area (Å²) in [5.41, 5.74) is 2.24. The third-order valence-corrected chi connectivity index (χ3v) is 5.13. The molecule has 4 aromatic rings. The summed E-state index contributed by atoms with van der Waals surface area (Å²) >= 11 is 1.28.